The standard InChI is InChI=1S/C34H32N8O4S/c1-47(45,46)42(29-16-18-36-31(39-29)25-12-6-3-7-13-25)30-17-19-37-34(40-30)38-26(22-24-10-4-2-5-11-24)23-35-20-21-41-32(43)27-14-8-9-15-28(27)33(41)44/h2-19,26,35H,20-23H2,1H3,(H,37,38,40)/t26-/m1/s1. The van der Waals surface area contributed by atoms with Crippen molar-refractivity contribution >= 4 is 39.4 Å². The predicted octanol–water partition coefficient (Wildman–Crippen LogP) is 3.94. The van der Waals surface area contributed by atoms with Crippen molar-refractivity contribution in [2.24, 2.45) is 0 Å². The van der Waals surface area contributed by atoms with E-state index in [2.05, 4.69) is 30.6 Å². The molecule has 0 saturated carbocycles. The highest BCUT2D eigenvalue weighted by molar-refractivity contribution is 7.92. The predicted molar refractivity (Wildman–Crippen MR) is 179 cm³/mol. The van der Waals surface area contributed by atoms with Gasteiger partial charge in [-0.1, -0.05) is 72.8 Å². The molecule has 0 radical (unpaired) electrons. The van der Waals surface area contributed by atoms with Gasteiger partial charge in [-0.3, -0.25) is 14.5 Å². The molecule has 2 aromatic heterocycles. The number of anilines is 3. The normalized spacial score (nSPS) is 13.3. The lowest BCUT2D eigenvalue weighted by molar-refractivity contribution is 0.0655. The van der Waals surface area contributed by atoms with Crippen molar-refractivity contribution < 1.29 is 18.0 Å². The van der Waals surface area contributed by atoms with E-state index in [1.165, 1.54) is 29.4 Å². The second kappa shape index (κ2) is 13.8. The number of fused-ring (bicyclic) bond motifs is 1. The van der Waals surface area contributed by atoms with Gasteiger partial charge in [-0.05, 0) is 24.1 Å². The van der Waals surface area contributed by atoms with E-state index in [1.54, 1.807) is 24.3 Å². The molecule has 2 N–H and O–H groups in total. The number of hydrogen-bond donors (Lipinski definition) is 2. The molecule has 12 nitrogen and oxygen atoms in total. The highest BCUT2D eigenvalue weighted by Crippen LogP contribution is 2.27. The van der Waals surface area contributed by atoms with Crippen LogP contribution in [-0.2, 0) is 16.4 Å². The first-order chi connectivity index (χ1) is 22.8. The fourth-order valence-electron chi connectivity index (χ4n) is 5.34. The van der Waals surface area contributed by atoms with Gasteiger partial charge in [0.05, 0.1) is 17.4 Å². The van der Waals surface area contributed by atoms with Gasteiger partial charge >= 0.3 is 0 Å². The first-order valence-electron chi connectivity index (χ1n) is 15.0. The summed E-state index contributed by atoms with van der Waals surface area (Å²) in [7, 11) is -3.87. The van der Waals surface area contributed by atoms with Crippen molar-refractivity contribution in [3.8, 4) is 11.4 Å². The van der Waals surface area contributed by atoms with Crippen molar-refractivity contribution in [1.29, 1.82) is 0 Å². The Bertz CT molecular complexity index is 1960. The molecule has 13 heteroatoms. The number of rotatable bonds is 13. The average molecular weight is 649 g/mol. The highest BCUT2D eigenvalue weighted by atomic mass is 32.2. The zero-order valence-electron chi connectivity index (χ0n) is 25.5. The lowest BCUT2D eigenvalue weighted by Gasteiger charge is -2.23. The number of imide groups is 1. The van der Waals surface area contributed by atoms with Crippen molar-refractivity contribution in [2.45, 2.75) is 12.5 Å². The Morgan fingerprint density at radius 1 is 0.766 bits per heavy atom. The van der Waals surface area contributed by atoms with Crippen molar-refractivity contribution in [3.05, 3.63) is 126 Å². The lowest BCUT2D eigenvalue weighted by Crippen LogP contribution is -2.41. The van der Waals surface area contributed by atoms with Gasteiger partial charge in [-0.25, -0.2) is 27.7 Å². The van der Waals surface area contributed by atoms with Crippen LogP contribution in [0.5, 0.6) is 0 Å². The Labute approximate surface area is 272 Å². The largest absolute Gasteiger partial charge is 0.350 e. The van der Waals surface area contributed by atoms with E-state index >= 15 is 0 Å². The van der Waals surface area contributed by atoms with Gasteiger partial charge in [-0.15, -0.1) is 0 Å². The molecule has 0 bridgehead atoms. The quantitative estimate of drug-likeness (QED) is 0.142. The summed E-state index contributed by atoms with van der Waals surface area (Å²) in [6.07, 6.45) is 4.67. The van der Waals surface area contributed by atoms with Crippen LogP contribution < -0.4 is 14.9 Å². The third-order valence-electron chi connectivity index (χ3n) is 7.50. The molecule has 3 heterocycles. The summed E-state index contributed by atoms with van der Waals surface area (Å²) < 4.78 is 27.2. The average Bonchev–Trinajstić information content (AvgIpc) is 3.32. The number of nitrogens with zero attached hydrogens (tertiary/aromatic N) is 6. The Balaban J connectivity index is 1.19. The minimum atomic E-state index is -3.87. The molecule has 47 heavy (non-hydrogen) atoms. The van der Waals surface area contributed by atoms with Crippen molar-refractivity contribution in [1.82, 2.24) is 30.2 Å². The van der Waals surface area contributed by atoms with Crippen LogP contribution in [0.3, 0.4) is 0 Å². The maximum absolute atomic E-state index is 13.1. The zero-order chi connectivity index (χ0) is 32.8. The maximum Gasteiger partial charge on any atom is 0.261 e. The van der Waals surface area contributed by atoms with Crippen molar-refractivity contribution in [3.63, 3.8) is 0 Å². The lowest BCUT2D eigenvalue weighted by atomic mass is 10.1. The molecule has 0 aliphatic carbocycles. The fraction of sp³-hybridized carbons (Fsp3) is 0.176. The third kappa shape index (κ3) is 7.32. The molecule has 238 valence electrons. The van der Waals surface area contributed by atoms with E-state index in [4.69, 9.17) is 0 Å². The number of carbonyl (C=O) groups excluding carboxylic acids is 2. The molecular weight excluding hydrogens is 616 g/mol. The molecule has 3 aromatic carbocycles. The molecule has 0 fully saturated rings. The van der Waals surface area contributed by atoms with Gasteiger partial charge in [0.15, 0.2) is 17.5 Å². The highest BCUT2D eigenvalue weighted by Gasteiger charge is 2.34. The second-order valence-corrected chi connectivity index (χ2v) is 12.7. The number of benzene rings is 3. The van der Waals surface area contributed by atoms with Crippen LogP contribution in [0.2, 0.25) is 0 Å². The van der Waals surface area contributed by atoms with Crippen LogP contribution in [-0.4, -0.2) is 77.0 Å². The van der Waals surface area contributed by atoms with E-state index in [1.807, 2.05) is 60.7 Å². The molecule has 1 aliphatic rings. The van der Waals surface area contributed by atoms with Gasteiger partial charge in [0.1, 0.15) is 0 Å². The number of amides is 2. The summed E-state index contributed by atoms with van der Waals surface area (Å²) in [6.45, 7) is 1.02. The Morgan fingerprint density at radius 3 is 2.02 bits per heavy atom. The van der Waals surface area contributed by atoms with E-state index < -0.39 is 10.0 Å². The number of sulfonamides is 1. The Kier molecular flexibility index (Phi) is 9.27. The first kappa shape index (κ1) is 31.5. The summed E-state index contributed by atoms with van der Waals surface area (Å²) in [5, 5.41) is 6.68. The summed E-state index contributed by atoms with van der Waals surface area (Å²) >= 11 is 0. The maximum atomic E-state index is 13.1. The molecule has 5 aromatic rings. The second-order valence-electron chi connectivity index (χ2n) is 10.9. The summed E-state index contributed by atoms with van der Waals surface area (Å²) in [4.78, 5) is 44.6. The van der Waals surface area contributed by atoms with Crippen LogP contribution in [0, 0.1) is 0 Å². The zero-order valence-corrected chi connectivity index (χ0v) is 26.3. The minimum Gasteiger partial charge on any atom is -0.350 e. The van der Waals surface area contributed by atoms with Gasteiger partial charge in [0.2, 0.25) is 16.0 Å². The number of nitrogens with one attached hydrogen (secondary N) is 2. The molecule has 0 spiro atoms. The van der Waals surface area contributed by atoms with E-state index in [0.717, 1.165) is 21.7 Å². The number of hydrogen-bond acceptors (Lipinski definition) is 10. The summed E-state index contributed by atoms with van der Waals surface area (Å²) in [5.74, 6) is 0.246. The van der Waals surface area contributed by atoms with Crippen molar-refractivity contribution in [2.75, 3.05) is 35.5 Å². The van der Waals surface area contributed by atoms with Gasteiger partial charge in [0, 0.05) is 55.8 Å². The molecule has 1 atom stereocenters. The van der Waals surface area contributed by atoms with Crippen LogP contribution in [0.1, 0.15) is 26.3 Å². The van der Waals surface area contributed by atoms with Crippen LogP contribution in [0.15, 0.2) is 109 Å². The van der Waals surface area contributed by atoms with Gasteiger partial charge in [0.25, 0.3) is 11.8 Å². The minimum absolute atomic E-state index is 0.111. The monoisotopic (exact) mass is 648 g/mol. The van der Waals surface area contributed by atoms with Gasteiger partial charge < -0.3 is 10.6 Å². The van der Waals surface area contributed by atoms with Crippen LogP contribution >= 0.6 is 0 Å². The van der Waals surface area contributed by atoms with E-state index in [0.29, 0.717) is 36.5 Å². The summed E-state index contributed by atoms with van der Waals surface area (Å²) in [6, 6.07) is 28.7. The summed E-state index contributed by atoms with van der Waals surface area (Å²) in [5.41, 5.74) is 2.64. The molecule has 0 unspecified atom stereocenters. The van der Waals surface area contributed by atoms with E-state index in [9.17, 15) is 18.0 Å². The number of carbonyl (C=O) groups is 2. The smallest absolute Gasteiger partial charge is 0.261 e. The van der Waals surface area contributed by atoms with Crippen LogP contribution in [0.4, 0.5) is 17.6 Å². The Morgan fingerprint density at radius 2 is 1.36 bits per heavy atom. The van der Waals surface area contributed by atoms with Crippen LogP contribution in [0.25, 0.3) is 11.4 Å². The molecular formula is C34H32N8O4S. The van der Waals surface area contributed by atoms with E-state index in [-0.39, 0.29) is 42.0 Å². The molecule has 1 aliphatic heterocycles. The third-order valence-corrected chi connectivity index (χ3v) is 8.54. The Hall–Kier alpha value is -5.53. The topological polar surface area (TPSA) is 150 Å². The van der Waals surface area contributed by atoms with Gasteiger partial charge in [-0.2, -0.15) is 4.98 Å². The molecule has 0 saturated heterocycles. The SMILES string of the molecule is CS(=O)(=O)N(c1ccnc(N[C@@H](CNCCN2C(=O)c3ccccc3C2=O)Cc2ccccc2)n1)c1ccnc(-c2ccccc2)n1. The fourth-order valence-corrected chi connectivity index (χ4v) is 6.23. The first-order valence-corrected chi connectivity index (χ1v) is 16.8. The number of aromatic nitrogens is 4. The molecule has 2 amide bonds. The molecule has 6 rings (SSSR count).